The van der Waals surface area contributed by atoms with Gasteiger partial charge < -0.3 is 4.74 Å². The Bertz CT molecular complexity index is 985. The zero-order valence-corrected chi connectivity index (χ0v) is 16.3. The fourth-order valence-corrected chi connectivity index (χ4v) is 3.53. The Morgan fingerprint density at radius 3 is 2.64 bits per heavy atom. The van der Waals surface area contributed by atoms with Crippen LogP contribution >= 0.6 is 11.3 Å². The molecule has 0 aliphatic heterocycles. The summed E-state index contributed by atoms with van der Waals surface area (Å²) in [6.07, 6.45) is 0. The Morgan fingerprint density at radius 2 is 2.00 bits per heavy atom. The fourth-order valence-electron chi connectivity index (χ4n) is 2.68. The molecule has 3 rings (SSSR count). The number of nitro groups is 1. The van der Waals surface area contributed by atoms with Gasteiger partial charge in [0.25, 0.3) is 11.6 Å². The first-order chi connectivity index (χ1) is 13.5. The third kappa shape index (κ3) is 4.41. The number of amides is 1. The van der Waals surface area contributed by atoms with Crippen molar-refractivity contribution in [2.75, 3.05) is 25.2 Å². The summed E-state index contributed by atoms with van der Waals surface area (Å²) < 4.78 is 5.15. The molecule has 8 heteroatoms. The molecule has 3 aromatic rings. The molecule has 1 aromatic heterocycles. The number of carbonyl (C=O) groups excluding carboxylic acids is 1. The van der Waals surface area contributed by atoms with Crippen molar-refractivity contribution >= 4 is 28.1 Å². The van der Waals surface area contributed by atoms with Crippen molar-refractivity contribution in [2.24, 2.45) is 0 Å². The van der Waals surface area contributed by atoms with Gasteiger partial charge in [-0.1, -0.05) is 17.7 Å². The number of carbonyl (C=O) groups is 1. The molecule has 1 amide bonds. The van der Waals surface area contributed by atoms with E-state index in [-0.39, 0.29) is 11.6 Å². The summed E-state index contributed by atoms with van der Waals surface area (Å²) in [6.45, 7) is 2.69. The highest BCUT2D eigenvalue weighted by atomic mass is 32.1. The van der Waals surface area contributed by atoms with E-state index in [0.29, 0.717) is 29.5 Å². The minimum absolute atomic E-state index is 0.0237. The number of nitrogens with zero attached hydrogens (tertiary/aromatic N) is 3. The van der Waals surface area contributed by atoms with Gasteiger partial charge in [-0.15, -0.1) is 11.3 Å². The van der Waals surface area contributed by atoms with E-state index in [1.807, 2.05) is 30.5 Å². The van der Waals surface area contributed by atoms with E-state index >= 15 is 0 Å². The molecule has 0 aliphatic carbocycles. The average molecular weight is 397 g/mol. The Labute approximate surface area is 166 Å². The van der Waals surface area contributed by atoms with Crippen molar-refractivity contribution < 1.29 is 14.5 Å². The third-order valence-corrected chi connectivity index (χ3v) is 4.99. The Balaban J connectivity index is 1.89. The highest BCUT2D eigenvalue weighted by molar-refractivity contribution is 7.14. The number of hydrogen-bond donors (Lipinski definition) is 0. The largest absolute Gasteiger partial charge is 0.383 e. The summed E-state index contributed by atoms with van der Waals surface area (Å²) in [5, 5.41) is 13.2. The van der Waals surface area contributed by atoms with Crippen LogP contribution in [-0.2, 0) is 4.74 Å². The Hall–Kier alpha value is -3.10. The first-order valence-corrected chi connectivity index (χ1v) is 9.45. The summed E-state index contributed by atoms with van der Waals surface area (Å²) in [6, 6.07) is 13.6. The molecule has 0 spiro atoms. The molecule has 0 N–H and O–H groups in total. The molecular formula is C20H19N3O4S. The van der Waals surface area contributed by atoms with Crippen molar-refractivity contribution in [2.45, 2.75) is 6.92 Å². The summed E-state index contributed by atoms with van der Waals surface area (Å²) in [5.41, 5.74) is 3.03. The van der Waals surface area contributed by atoms with Crippen molar-refractivity contribution in [3.63, 3.8) is 0 Å². The summed E-state index contributed by atoms with van der Waals surface area (Å²) in [4.78, 5) is 29.6. The van der Waals surface area contributed by atoms with E-state index in [4.69, 9.17) is 4.74 Å². The minimum Gasteiger partial charge on any atom is -0.383 e. The first-order valence-electron chi connectivity index (χ1n) is 8.57. The summed E-state index contributed by atoms with van der Waals surface area (Å²) >= 11 is 1.35. The molecule has 0 fully saturated rings. The van der Waals surface area contributed by atoms with E-state index in [9.17, 15) is 14.9 Å². The lowest BCUT2D eigenvalue weighted by Gasteiger charge is -2.19. The number of non-ortho nitro benzene ring substituents is 1. The van der Waals surface area contributed by atoms with Crippen LogP contribution < -0.4 is 4.90 Å². The minimum atomic E-state index is -0.441. The molecule has 1 heterocycles. The number of nitro benzene ring substituents is 1. The summed E-state index contributed by atoms with van der Waals surface area (Å²) in [7, 11) is 1.58. The number of aryl methyl sites for hydroxylation is 1. The van der Waals surface area contributed by atoms with Crippen molar-refractivity contribution in [3.05, 3.63) is 75.2 Å². The third-order valence-electron chi connectivity index (χ3n) is 4.13. The van der Waals surface area contributed by atoms with Gasteiger partial charge in [0.1, 0.15) is 0 Å². The smallest absolute Gasteiger partial charge is 0.269 e. The maximum absolute atomic E-state index is 13.0. The zero-order valence-electron chi connectivity index (χ0n) is 15.5. The number of hydrogen-bond acceptors (Lipinski definition) is 6. The number of thiazole rings is 1. The van der Waals surface area contributed by atoms with E-state index in [1.165, 1.54) is 23.5 Å². The number of anilines is 1. The fraction of sp³-hybridized carbons (Fsp3) is 0.200. The van der Waals surface area contributed by atoms with Crippen LogP contribution in [0.15, 0.2) is 53.9 Å². The molecule has 0 aliphatic rings. The number of aromatic nitrogens is 1. The lowest BCUT2D eigenvalue weighted by Crippen LogP contribution is -2.33. The number of methoxy groups -OCH3 is 1. The second-order valence-corrected chi connectivity index (χ2v) is 6.97. The van der Waals surface area contributed by atoms with Gasteiger partial charge in [0.05, 0.1) is 23.8 Å². The van der Waals surface area contributed by atoms with Gasteiger partial charge in [-0.25, -0.2) is 4.98 Å². The van der Waals surface area contributed by atoms with Crippen molar-refractivity contribution in [3.8, 4) is 11.3 Å². The molecule has 0 bridgehead atoms. The van der Waals surface area contributed by atoms with E-state index in [2.05, 4.69) is 4.98 Å². The SMILES string of the molecule is COCCN(C(=O)c1cccc(C)c1)c1nc(-c2ccc([N+](=O)[O-])cc2)cs1. The van der Waals surface area contributed by atoms with Gasteiger partial charge in [0, 0.05) is 35.7 Å². The monoisotopic (exact) mass is 397 g/mol. The van der Waals surface area contributed by atoms with Crippen LogP contribution in [0.3, 0.4) is 0 Å². The second-order valence-electron chi connectivity index (χ2n) is 6.14. The van der Waals surface area contributed by atoms with E-state index in [0.717, 1.165) is 11.1 Å². The predicted molar refractivity (Wildman–Crippen MR) is 109 cm³/mol. The van der Waals surface area contributed by atoms with Gasteiger partial charge in [0.2, 0.25) is 0 Å². The van der Waals surface area contributed by atoms with Gasteiger partial charge >= 0.3 is 0 Å². The standard InChI is InChI=1S/C20H19N3O4S/c1-14-4-3-5-16(12-14)19(24)22(10-11-27-2)20-21-18(13-28-20)15-6-8-17(9-7-15)23(25)26/h3-9,12-13H,10-11H2,1-2H3. The maximum atomic E-state index is 13.0. The zero-order chi connectivity index (χ0) is 20.1. The Morgan fingerprint density at radius 1 is 1.25 bits per heavy atom. The van der Waals surface area contributed by atoms with Gasteiger partial charge in [-0.2, -0.15) is 0 Å². The normalized spacial score (nSPS) is 10.6. The Kier molecular flexibility index (Phi) is 6.13. The van der Waals surface area contributed by atoms with Crippen molar-refractivity contribution in [1.29, 1.82) is 0 Å². The summed E-state index contributed by atoms with van der Waals surface area (Å²) in [5.74, 6) is -0.148. The highest BCUT2D eigenvalue weighted by Crippen LogP contribution is 2.29. The molecule has 0 atom stereocenters. The molecule has 0 radical (unpaired) electrons. The first kappa shape index (κ1) is 19.7. The molecule has 7 nitrogen and oxygen atoms in total. The molecule has 144 valence electrons. The van der Waals surface area contributed by atoms with Gasteiger partial charge in [-0.3, -0.25) is 19.8 Å². The lowest BCUT2D eigenvalue weighted by atomic mass is 10.1. The van der Waals surface area contributed by atoms with E-state index < -0.39 is 4.92 Å². The van der Waals surface area contributed by atoms with Crippen LogP contribution in [-0.4, -0.2) is 36.1 Å². The van der Waals surface area contributed by atoms with Crippen LogP contribution in [0.2, 0.25) is 0 Å². The van der Waals surface area contributed by atoms with Crippen LogP contribution in [0, 0.1) is 17.0 Å². The lowest BCUT2D eigenvalue weighted by molar-refractivity contribution is -0.384. The van der Waals surface area contributed by atoms with Crippen LogP contribution in [0.5, 0.6) is 0 Å². The van der Waals surface area contributed by atoms with E-state index in [1.54, 1.807) is 30.2 Å². The molecule has 0 saturated carbocycles. The predicted octanol–water partition coefficient (Wildman–Crippen LogP) is 4.32. The van der Waals surface area contributed by atoms with Gasteiger partial charge in [0.15, 0.2) is 5.13 Å². The molecule has 0 unspecified atom stereocenters. The second kappa shape index (κ2) is 8.73. The average Bonchev–Trinajstić information content (AvgIpc) is 3.18. The van der Waals surface area contributed by atoms with Crippen LogP contribution in [0.25, 0.3) is 11.3 Å². The number of ether oxygens (including phenoxy) is 1. The van der Waals surface area contributed by atoms with Crippen LogP contribution in [0.4, 0.5) is 10.8 Å². The molecule has 2 aromatic carbocycles. The topological polar surface area (TPSA) is 85.6 Å². The van der Waals surface area contributed by atoms with Gasteiger partial charge in [-0.05, 0) is 31.2 Å². The number of rotatable bonds is 7. The highest BCUT2D eigenvalue weighted by Gasteiger charge is 2.21. The maximum Gasteiger partial charge on any atom is 0.269 e. The molecular weight excluding hydrogens is 378 g/mol. The quantitative estimate of drug-likeness (QED) is 0.438. The van der Waals surface area contributed by atoms with Crippen LogP contribution in [0.1, 0.15) is 15.9 Å². The molecule has 0 saturated heterocycles. The molecule has 28 heavy (non-hydrogen) atoms. The number of benzene rings is 2. The van der Waals surface area contributed by atoms with Crippen molar-refractivity contribution in [1.82, 2.24) is 4.98 Å².